The molecule has 0 aliphatic carbocycles. The number of hydrogen-bond acceptors (Lipinski definition) is 3. The number of aliphatic carboxylic acids is 1. The van der Waals surface area contributed by atoms with Gasteiger partial charge in [0.2, 0.25) is 0 Å². The molecule has 0 atom stereocenters. The second kappa shape index (κ2) is 4.88. The van der Waals surface area contributed by atoms with Crippen LogP contribution in [0.2, 0.25) is 0 Å². The first kappa shape index (κ1) is 12.0. The van der Waals surface area contributed by atoms with Crippen LogP contribution in [0, 0.1) is 0 Å². The van der Waals surface area contributed by atoms with E-state index in [-0.39, 0.29) is 17.0 Å². The van der Waals surface area contributed by atoms with Gasteiger partial charge in [-0.05, 0) is 23.8 Å². The molecule has 0 aliphatic rings. The molecule has 1 rings (SSSR count). The van der Waals surface area contributed by atoms with Crippen molar-refractivity contribution in [2.24, 2.45) is 0 Å². The molecule has 76 valence electrons. The lowest BCUT2D eigenvalue weighted by atomic mass is 10.2. The SMILES string of the molecule is O.O=C(O)/C=C/c1ccc(O)c(O)c1. The number of phenols is 2. The van der Waals surface area contributed by atoms with Gasteiger partial charge in [-0.1, -0.05) is 6.07 Å². The van der Waals surface area contributed by atoms with E-state index in [1.54, 1.807) is 0 Å². The minimum absolute atomic E-state index is 0. The van der Waals surface area contributed by atoms with Gasteiger partial charge in [0.05, 0.1) is 0 Å². The van der Waals surface area contributed by atoms with Crippen LogP contribution in [0.3, 0.4) is 0 Å². The third-order valence-corrected chi connectivity index (χ3v) is 1.42. The molecule has 1 aromatic carbocycles. The van der Waals surface area contributed by atoms with Crippen molar-refractivity contribution < 1.29 is 25.6 Å². The molecule has 0 saturated heterocycles. The monoisotopic (exact) mass is 198 g/mol. The van der Waals surface area contributed by atoms with E-state index in [2.05, 4.69) is 0 Å². The van der Waals surface area contributed by atoms with Crippen molar-refractivity contribution in [3.8, 4) is 11.5 Å². The van der Waals surface area contributed by atoms with Crippen LogP contribution in [-0.2, 0) is 4.79 Å². The maximum Gasteiger partial charge on any atom is 0.328 e. The average molecular weight is 198 g/mol. The van der Waals surface area contributed by atoms with Gasteiger partial charge in [-0.3, -0.25) is 0 Å². The van der Waals surface area contributed by atoms with E-state index in [1.807, 2.05) is 0 Å². The molecule has 0 heterocycles. The second-order valence-electron chi connectivity index (χ2n) is 2.42. The van der Waals surface area contributed by atoms with Gasteiger partial charge in [-0.25, -0.2) is 4.79 Å². The maximum atomic E-state index is 10.1. The summed E-state index contributed by atoms with van der Waals surface area (Å²) >= 11 is 0. The van der Waals surface area contributed by atoms with E-state index in [1.165, 1.54) is 24.3 Å². The molecule has 14 heavy (non-hydrogen) atoms. The Kier molecular flexibility index (Phi) is 4.18. The van der Waals surface area contributed by atoms with E-state index >= 15 is 0 Å². The van der Waals surface area contributed by atoms with E-state index in [0.717, 1.165) is 6.08 Å². The zero-order valence-electron chi connectivity index (χ0n) is 7.14. The Morgan fingerprint density at radius 3 is 2.36 bits per heavy atom. The predicted octanol–water partition coefficient (Wildman–Crippen LogP) is 0.371. The van der Waals surface area contributed by atoms with Gasteiger partial charge >= 0.3 is 5.97 Å². The van der Waals surface area contributed by atoms with Crippen molar-refractivity contribution in [3.63, 3.8) is 0 Å². The molecule has 5 heteroatoms. The number of benzene rings is 1. The van der Waals surface area contributed by atoms with Crippen LogP contribution in [0.25, 0.3) is 6.08 Å². The molecule has 1 aromatic rings. The highest BCUT2D eigenvalue weighted by atomic mass is 16.4. The summed E-state index contributed by atoms with van der Waals surface area (Å²) in [7, 11) is 0. The van der Waals surface area contributed by atoms with Crippen LogP contribution in [-0.4, -0.2) is 26.8 Å². The Morgan fingerprint density at radius 2 is 1.86 bits per heavy atom. The van der Waals surface area contributed by atoms with Crippen LogP contribution in [0.1, 0.15) is 5.56 Å². The van der Waals surface area contributed by atoms with Gasteiger partial charge in [0.1, 0.15) is 0 Å². The zero-order valence-corrected chi connectivity index (χ0v) is 7.14. The lowest BCUT2D eigenvalue weighted by Crippen LogP contribution is -1.85. The summed E-state index contributed by atoms with van der Waals surface area (Å²) in [4.78, 5) is 10.1. The molecule has 0 amide bonds. The van der Waals surface area contributed by atoms with Crippen LogP contribution < -0.4 is 0 Å². The number of carboxylic acids is 1. The standard InChI is InChI=1S/C9H8O4.H2O/c10-7-3-1-6(5-8(7)11)2-4-9(12)13;/h1-5,10-11H,(H,12,13);1H2/b4-2+;. The number of phenolic OH excluding ortho intramolecular Hbond substituents is 2. The first-order chi connectivity index (χ1) is 6.09. The quantitative estimate of drug-likeness (QED) is 0.471. The van der Waals surface area contributed by atoms with Crippen molar-refractivity contribution in [2.45, 2.75) is 0 Å². The van der Waals surface area contributed by atoms with Crippen LogP contribution in [0.15, 0.2) is 24.3 Å². The normalized spacial score (nSPS) is 9.71. The molecule has 0 aromatic heterocycles. The fraction of sp³-hybridized carbons (Fsp3) is 0. The Bertz CT molecular complexity index is 356. The Morgan fingerprint density at radius 1 is 1.21 bits per heavy atom. The molecular formula is C9H10O5. The minimum atomic E-state index is -1.06. The summed E-state index contributed by atoms with van der Waals surface area (Å²) in [6.45, 7) is 0. The van der Waals surface area contributed by atoms with Gasteiger partial charge < -0.3 is 20.8 Å². The lowest BCUT2D eigenvalue weighted by molar-refractivity contribution is -0.131. The molecule has 0 aliphatic heterocycles. The topological polar surface area (TPSA) is 109 Å². The van der Waals surface area contributed by atoms with Crippen molar-refractivity contribution >= 4 is 12.0 Å². The number of rotatable bonds is 2. The van der Waals surface area contributed by atoms with Crippen molar-refractivity contribution in [1.82, 2.24) is 0 Å². The Labute approximate surface area is 79.9 Å². The molecule has 0 spiro atoms. The summed E-state index contributed by atoms with van der Waals surface area (Å²) in [5.41, 5.74) is 0.512. The summed E-state index contributed by atoms with van der Waals surface area (Å²) < 4.78 is 0. The fourth-order valence-corrected chi connectivity index (χ4v) is 0.812. The average Bonchev–Trinajstić information content (AvgIpc) is 2.07. The summed E-state index contributed by atoms with van der Waals surface area (Å²) in [5, 5.41) is 26.3. The van der Waals surface area contributed by atoms with Crippen molar-refractivity contribution in [3.05, 3.63) is 29.8 Å². The number of hydrogen-bond donors (Lipinski definition) is 3. The van der Waals surface area contributed by atoms with E-state index < -0.39 is 5.97 Å². The van der Waals surface area contributed by atoms with Crippen LogP contribution >= 0.6 is 0 Å². The number of carbonyl (C=O) groups is 1. The minimum Gasteiger partial charge on any atom is -0.504 e. The molecule has 5 nitrogen and oxygen atoms in total. The summed E-state index contributed by atoms with van der Waals surface area (Å²) in [5.74, 6) is -1.56. The third kappa shape index (κ3) is 3.16. The van der Waals surface area contributed by atoms with E-state index in [4.69, 9.17) is 15.3 Å². The van der Waals surface area contributed by atoms with Crippen LogP contribution in [0.4, 0.5) is 0 Å². The summed E-state index contributed by atoms with van der Waals surface area (Å²) in [6.07, 6.45) is 2.27. The zero-order chi connectivity index (χ0) is 9.84. The van der Waals surface area contributed by atoms with Crippen molar-refractivity contribution in [2.75, 3.05) is 0 Å². The molecule has 0 saturated carbocycles. The molecule has 0 radical (unpaired) electrons. The molecular weight excluding hydrogens is 188 g/mol. The highest BCUT2D eigenvalue weighted by molar-refractivity contribution is 5.85. The maximum absolute atomic E-state index is 10.1. The fourth-order valence-electron chi connectivity index (χ4n) is 0.812. The largest absolute Gasteiger partial charge is 0.504 e. The first-order valence-corrected chi connectivity index (χ1v) is 3.52. The second-order valence-corrected chi connectivity index (χ2v) is 2.42. The number of aromatic hydroxyl groups is 2. The van der Waals surface area contributed by atoms with Gasteiger partial charge in [0, 0.05) is 6.08 Å². The lowest BCUT2D eigenvalue weighted by Gasteiger charge is -1.97. The van der Waals surface area contributed by atoms with E-state index in [9.17, 15) is 4.79 Å². The van der Waals surface area contributed by atoms with Gasteiger partial charge in [0.25, 0.3) is 0 Å². The highest BCUT2D eigenvalue weighted by Crippen LogP contribution is 2.25. The first-order valence-electron chi connectivity index (χ1n) is 3.52. The van der Waals surface area contributed by atoms with Gasteiger partial charge in [-0.2, -0.15) is 0 Å². The number of carboxylic acid groups (broad SMARTS) is 1. The van der Waals surface area contributed by atoms with Gasteiger partial charge in [-0.15, -0.1) is 0 Å². The Balaban J connectivity index is 0.00000169. The van der Waals surface area contributed by atoms with Crippen molar-refractivity contribution in [1.29, 1.82) is 0 Å². The van der Waals surface area contributed by atoms with E-state index in [0.29, 0.717) is 5.56 Å². The smallest absolute Gasteiger partial charge is 0.328 e. The summed E-state index contributed by atoms with van der Waals surface area (Å²) in [6, 6.07) is 4.06. The third-order valence-electron chi connectivity index (χ3n) is 1.42. The van der Waals surface area contributed by atoms with Gasteiger partial charge in [0.15, 0.2) is 11.5 Å². The molecule has 0 fully saturated rings. The molecule has 0 bridgehead atoms. The van der Waals surface area contributed by atoms with Crippen LogP contribution in [0.5, 0.6) is 11.5 Å². The highest BCUT2D eigenvalue weighted by Gasteiger charge is 1.97. The molecule has 0 unspecified atom stereocenters. The Hall–Kier alpha value is -2.01. The predicted molar refractivity (Wildman–Crippen MR) is 50.1 cm³/mol. The molecule has 5 N–H and O–H groups in total.